The van der Waals surface area contributed by atoms with E-state index in [2.05, 4.69) is 245 Å². The number of fused-ring (bicyclic) bond motifs is 12. The fourth-order valence-electron chi connectivity index (χ4n) is 12.2. The molecule has 3 aliphatic rings. The molecule has 0 saturated heterocycles. The second-order valence-corrected chi connectivity index (χ2v) is 20.1. The molecule has 1 aromatic heterocycles. The van der Waals surface area contributed by atoms with Crippen LogP contribution in [0.4, 0.5) is 17.1 Å². The van der Waals surface area contributed by atoms with E-state index in [0.717, 1.165) is 5.69 Å². The lowest BCUT2D eigenvalue weighted by Gasteiger charge is -2.30. The topological polar surface area (TPSA) is 8.17 Å². The summed E-state index contributed by atoms with van der Waals surface area (Å²) < 4.78 is 2.41. The van der Waals surface area contributed by atoms with E-state index < -0.39 is 0 Å². The van der Waals surface area contributed by atoms with E-state index in [9.17, 15) is 0 Å². The smallest absolute Gasteiger partial charge is 0.0547 e. The number of para-hydroxylation sites is 2. The van der Waals surface area contributed by atoms with Gasteiger partial charge in [0.25, 0.3) is 0 Å². The number of nitrogens with zero attached hydrogens (tertiary/aromatic N) is 2. The van der Waals surface area contributed by atoms with Crippen molar-refractivity contribution in [3.63, 3.8) is 0 Å². The number of hydrogen-bond donors (Lipinski definition) is 0. The maximum atomic E-state index is 2.55. The summed E-state index contributed by atoms with van der Waals surface area (Å²) in [6.45, 7) is 14.4. The molecule has 0 aliphatic heterocycles. The largest absolute Gasteiger partial charge is 0.310 e. The van der Waals surface area contributed by atoms with Gasteiger partial charge in [-0.15, -0.1) is 0 Å². The normalized spacial score (nSPS) is 15.3. The van der Waals surface area contributed by atoms with Crippen molar-refractivity contribution < 1.29 is 0 Å². The molecule has 9 aromatic carbocycles. The van der Waals surface area contributed by atoms with Crippen molar-refractivity contribution in [1.29, 1.82) is 0 Å². The molecule has 0 amide bonds. The van der Waals surface area contributed by atoms with Gasteiger partial charge in [0.05, 0.1) is 16.7 Å². The molecule has 1 heterocycles. The quantitative estimate of drug-likeness (QED) is 0.168. The molecule has 2 heteroatoms. The van der Waals surface area contributed by atoms with Crippen molar-refractivity contribution in [2.45, 2.75) is 57.8 Å². The molecule has 3 aliphatic carbocycles. The van der Waals surface area contributed by atoms with E-state index in [4.69, 9.17) is 0 Å². The third-order valence-corrected chi connectivity index (χ3v) is 15.6. The van der Waals surface area contributed by atoms with Gasteiger partial charge in [0, 0.05) is 49.6 Å². The molecule has 0 bridgehead atoms. The number of rotatable bonds is 5. The van der Waals surface area contributed by atoms with Crippen LogP contribution in [0, 0.1) is 0 Å². The molecule has 2 nitrogen and oxygen atoms in total. The highest BCUT2D eigenvalue weighted by molar-refractivity contribution is 6.10. The zero-order valence-electron chi connectivity index (χ0n) is 37.9. The summed E-state index contributed by atoms with van der Waals surface area (Å²) >= 11 is 0. The van der Waals surface area contributed by atoms with Gasteiger partial charge in [0.15, 0.2) is 0 Å². The summed E-state index contributed by atoms with van der Waals surface area (Å²) in [5.74, 6) is 0. The zero-order valence-corrected chi connectivity index (χ0v) is 37.9. The Morgan fingerprint density at radius 1 is 0.338 bits per heavy atom. The van der Waals surface area contributed by atoms with Gasteiger partial charge in [-0.25, -0.2) is 0 Å². The molecule has 0 N–H and O–H groups in total. The Kier molecular flexibility index (Phi) is 7.80. The van der Waals surface area contributed by atoms with Gasteiger partial charge in [0.2, 0.25) is 0 Å². The molecule has 10 aromatic rings. The Morgan fingerprint density at radius 2 is 0.877 bits per heavy atom. The van der Waals surface area contributed by atoms with Crippen molar-refractivity contribution in [1.82, 2.24) is 4.57 Å². The summed E-state index contributed by atoms with van der Waals surface area (Å²) in [4.78, 5) is 2.54. The van der Waals surface area contributed by atoms with Crippen molar-refractivity contribution in [3.05, 3.63) is 228 Å². The maximum Gasteiger partial charge on any atom is 0.0547 e. The first-order chi connectivity index (χ1) is 31.5. The minimum absolute atomic E-state index is 0.0998. The van der Waals surface area contributed by atoms with Crippen molar-refractivity contribution in [3.8, 4) is 50.2 Å². The molecule has 0 atom stereocenters. The first kappa shape index (κ1) is 38.1. The first-order valence-corrected chi connectivity index (χ1v) is 23.2. The van der Waals surface area contributed by atoms with E-state index in [1.54, 1.807) is 0 Å². The molecular weight excluding hydrogens is 785 g/mol. The summed E-state index contributed by atoms with van der Waals surface area (Å²) in [6, 6.07) is 73.0. The Morgan fingerprint density at radius 3 is 1.63 bits per heavy atom. The second kappa shape index (κ2) is 13.3. The zero-order chi connectivity index (χ0) is 44.0. The monoisotopic (exact) mass is 834 g/mol. The van der Waals surface area contributed by atoms with Gasteiger partial charge in [-0.05, 0) is 139 Å². The molecule has 0 spiro atoms. The van der Waals surface area contributed by atoms with Crippen LogP contribution in [0.5, 0.6) is 0 Å². The van der Waals surface area contributed by atoms with Gasteiger partial charge in [-0.2, -0.15) is 0 Å². The summed E-state index contributed by atoms with van der Waals surface area (Å²) in [7, 11) is 0. The molecule has 0 fully saturated rings. The molecular formula is C63H50N2. The number of aromatic nitrogens is 1. The first-order valence-electron chi connectivity index (χ1n) is 23.2. The van der Waals surface area contributed by atoms with Gasteiger partial charge in [-0.3, -0.25) is 0 Å². The minimum atomic E-state index is -0.185. The predicted octanol–water partition coefficient (Wildman–Crippen LogP) is 16.8. The molecule has 0 unspecified atom stereocenters. The van der Waals surface area contributed by atoms with Crippen molar-refractivity contribution in [2.24, 2.45) is 0 Å². The minimum Gasteiger partial charge on any atom is -0.310 e. The van der Waals surface area contributed by atoms with Crippen LogP contribution in [-0.2, 0) is 16.2 Å². The Balaban J connectivity index is 0.998. The maximum absolute atomic E-state index is 2.55. The van der Waals surface area contributed by atoms with Crippen LogP contribution < -0.4 is 4.90 Å². The summed E-state index contributed by atoms with van der Waals surface area (Å²) in [5, 5.41) is 2.53. The average molecular weight is 835 g/mol. The Bertz CT molecular complexity index is 3620. The van der Waals surface area contributed by atoms with Gasteiger partial charge in [0.1, 0.15) is 0 Å². The van der Waals surface area contributed by atoms with E-state index in [0.29, 0.717) is 0 Å². The second-order valence-electron chi connectivity index (χ2n) is 20.1. The van der Waals surface area contributed by atoms with E-state index >= 15 is 0 Å². The average Bonchev–Trinajstić information content (AvgIpc) is 3.95. The van der Waals surface area contributed by atoms with Gasteiger partial charge in [-0.1, -0.05) is 169 Å². The highest BCUT2D eigenvalue weighted by atomic mass is 15.1. The van der Waals surface area contributed by atoms with Crippen LogP contribution in [0.15, 0.2) is 194 Å². The summed E-state index contributed by atoms with van der Waals surface area (Å²) in [6.07, 6.45) is 0. The third-order valence-electron chi connectivity index (χ3n) is 15.6. The Labute approximate surface area is 382 Å². The van der Waals surface area contributed by atoms with Crippen LogP contribution in [0.3, 0.4) is 0 Å². The van der Waals surface area contributed by atoms with Crippen LogP contribution in [-0.4, -0.2) is 4.57 Å². The van der Waals surface area contributed by atoms with Crippen LogP contribution in [0.1, 0.15) is 74.9 Å². The van der Waals surface area contributed by atoms with E-state index in [1.807, 2.05) is 0 Å². The van der Waals surface area contributed by atoms with Crippen molar-refractivity contribution in [2.75, 3.05) is 4.90 Å². The highest BCUT2D eigenvalue weighted by Crippen LogP contribution is 2.59. The highest BCUT2D eigenvalue weighted by Gasteiger charge is 2.43. The standard InChI is InChI=1S/C63H50N2/c1-61(2)51-22-13-10-19-44(51)46-34-32-43(36-54(46)61)64(58-26-16-24-53-60(58)50-38-55-49(37-56(50)63(53,5)6)45-20-11-14-23-52(45)62(55,3)4)42-30-27-39(28-31-42)40-29-33-48-47-21-12-15-25-57(47)65(59(48)35-40)41-17-8-7-9-18-41/h7-38H,1-6H3. The van der Waals surface area contributed by atoms with E-state index in [1.165, 1.54) is 117 Å². The lowest BCUT2D eigenvalue weighted by molar-refractivity contribution is 0.652. The molecule has 312 valence electrons. The SMILES string of the molecule is CC1(C)c2ccccc2-c2ccc(N(c3ccc(-c4ccc5c6ccccc6n(-c6ccccc6)c5c4)cc3)c3cccc4c3-c3cc5c(cc3C4(C)C)-c3ccccc3C5(C)C)cc21. The lowest BCUT2D eigenvalue weighted by atomic mass is 9.79. The van der Waals surface area contributed by atoms with E-state index in [-0.39, 0.29) is 16.2 Å². The third kappa shape index (κ3) is 5.23. The summed E-state index contributed by atoms with van der Waals surface area (Å²) in [5.41, 5.74) is 25.5. The predicted molar refractivity (Wildman–Crippen MR) is 274 cm³/mol. The number of anilines is 3. The van der Waals surface area contributed by atoms with Crippen LogP contribution >= 0.6 is 0 Å². The Hall–Kier alpha value is -7.42. The molecule has 65 heavy (non-hydrogen) atoms. The van der Waals surface area contributed by atoms with Crippen LogP contribution in [0.25, 0.3) is 72.0 Å². The molecule has 0 radical (unpaired) electrons. The molecule has 13 rings (SSSR count). The number of hydrogen-bond acceptors (Lipinski definition) is 1. The molecule has 0 saturated carbocycles. The van der Waals surface area contributed by atoms with Crippen molar-refractivity contribution >= 4 is 38.9 Å². The fraction of sp³-hybridized carbons (Fsp3) is 0.143. The van der Waals surface area contributed by atoms with Crippen LogP contribution in [0.2, 0.25) is 0 Å². The van der Waals surface area contributed by atoms with Gasteiger partial charge >= 0.3 is 0 Å². The van der Waals surface area contributed by atoms with Gasteiger partial charge < -0.3 is 9.47 Å². The fourth-order valence-corrected chi connectivity index (χ4v) is 12.2. The number of benzene rings is 9. The lowest BCUT2D eigenvalue weighted by Crippen LogP contribution is -2.17.